The summed E-state index contributed by atoms with van der Waals surface area (Å²) in [6, 6.07) is 5.72. The quantitative estimate of drug-likeness (QED) is 0.641. The number of carboxylic acids is 2. The van der Waals surface area contributed by atoms with Crippen LogP contribution in [0.2, 0.25) is 0 Å². The van der Waals surface area contributed by atoms with Crippen LogP contribution in [0.4, 0.5) is 0 Å². The first-order valence-electron chi connectivity index (χ1n) is 6.22. The minimum absolute atomic E-state index is 0.0686. The third-order valence-corrected chi connectivity index (χ3v) is 3.02. The maximum atomic E-state index is 11.8. The highest BCUT2D eigenvalue weighted by atomic mass is 16.4. The van der Waals surface area contributed by atoms with E-state index in [1.807, 2.05) is 24.3 Å². The molecule has 110 valence electrons. The van der Waals surface area contributed by atoms with Crippen molar-refractivity contribution in [2.75, 3.05) is 0 Å². The first-order valence-corrected chi connectivity index (χ1v) is 6.22. The highest BCUT2D eigenvalue weighted by Gasteiger charge is 2.15. The molecule has 0 fully saturated rings. The lowest BCUT2D eigenvalue weighted by Crippen LogP contribution is -2.50. The van der Waals surface area contributed by atoms with E-state index < -0.39 is 30.3 Å². The summed E-state index contributed by atoms with van der Waals surface area (Å²) in [4.78, 5) is 36.0. The van der Waals surface area contributed by atoms with Gasteiger partial charge in [-0.2, -0.15) is 0 Å². The summed E-state index contributed by atoms with van der Waals surface area (Å²) in [5, 5.41) is 24.2. The van der Waals surface area contributed by atoms with Gasteiger partial charge in [0.25, 0.3) is 0 Å². The summed E-state index contributed by atoms with van der Waals surface area (Å²) >= 11 is 0. The van der Waals surface area contributed by atoms with Crippen LogP contribution in [0.15, 0.2) is 30.5 Å². The summed E-state index contributed by atoms with van der Waals surface area (Å²) in [5.74, 6) is -3.83. The molecule has 1 aromatic carbocycles. The predicted molar refractivity (Wildman–Crippen MR) is 68.6 cm³/mol. The molecule has 7 nitrogen and oxygen atoms in total. The van der Waals surface area contributed by atoms with E-state index in [1.54, 1.807) is 6.20 Å². The van der Waals surface area contributed by atoms with Crippen molar-refractivity contribution in [3.8, 4) is 0 Å². The fourth-order valence-electron chi connectivity index (χ4n) is 2.06. The van der Waals surface area contributed by atoms with Crippen LogP contribution in [0.3, 0.4) is 0 Å². The Morgan fingerprint density at radius 2 is 1.90 bits per heavy atom. The molecule has 7 heteroatoms. The Morgan fingerprint density at radius 3 is 2.57 bits per heavy atom. The van der Waals surface area contributed by atoms with Crippen LogP contribution in [0.5, 0.6) is 0 Å². The summed E-state index contributed by atoms with van der Waals surface area (Å²) < 4.78 is 0. The molecule has 0 spiro atoms. The maximum absolute atomic E-state index is 11.8. The number of H-pyrrole nitrogens is 1. The number of hydrogen-bond donors (Lipinski definition) is 2. The smallest absolute Gasteiger partial charge is 0.225 e. The molecule has 0 bridgehead atoms. The minimum atomic E-state index is -1.66. The van der Waals surface area contributed by atoms with Gasteiger partial charge in [-0.1, -0.05) is 18.2 Å². The average molecular weight is 288 g/mol. The van der Waals surface area contributed by atoms with Crippen molar-refractivity contribution in [2.24, 2.45) is 0 Å². The Kier molecular flexibility index (Phi) is 4.22. The number of carbonyl (C=O) groups is 3. The van der Waals surface area contributed by atoms with Gasteiger partial charge in [0, 0.05) is 29.5 Å². The number of rotatable bonds is 6. The topological polar surface area (TPSA) is 125 Å². The van der Waals surface area contributed by atoms with E-state index in [0.717, 1.165) is 10.9 Å². The third kappa shape index (κ3) is 3.59. The van der Waals surface area contributed by atoms with Crippen LogP contribution in [0, 0.1) is 0 Å². The van der Waals surface area contributed by atoms with Crippen LogP contribution < -0.4 is 15.5 Å². The van der Waals surface area contributed by atoms with Crippen LogP contribution in [-0.2, 0) is 20.8 Å². The molecule has 1 atom stereocenters. The van der Waals surface area contributed by atoms with Gasteiger partial charge in [-0.3, -0.25) is 4.79 Å². The Hall–Kier alpha value is -2.83. The number of aromatic nitrogens is 1. The maximum Gasteiger partial charge on any atom is 0.225 e. The second-order valence-electron chi connectivity index (χ2n) is 4.55. The molecular weight excluding hydrogens is 276 g/mol. The highest BCUT2D eigenvalue weighted by Crippen LogP contribution is 2.17. The summed E-state index contributed by atoms with van der Waals surface area (Å²) in [7, 11) is 0. The largest absolute Gasteiger partial charge is 0.550 e. The van der Waals surface area contributed by atoms with Crippen molar-refractivity contribution >= 4 is 28.7 Å². The zero-order valence-electron chi connectivity index (χ0n) is 10.9. The van der Waals surface area contributed by atoms with E-state index >= 15 is 0 Å². The van der Waals surface area contributed by atoms with E-state index in [4.69, 9.17) is 0 Å². The van der Waals surface area contributed by atoms with Crippen LogP contribution in [-0.4, -0.2) is 28.9 Å². The van der Waals surface area contributed by atoms with Gasteiger partial charge in [0.15, 0.2) is 0 Å². The van der Waals surface area contributed by atoms with Gasteiger partial charge < -0.3 is 30.1 Å². The SMILES string of the molecule is O=C([O-])C[C@@H](NC(=O)Cc1c[nH]c2ccccc12)C(=O)[O-]. The minimum Gasteiger partial charge on any atom is -0.550 e. The standard InChI is InChI=1S/C14H14N2O5/c17-12(16-11(14(20)21)6-13(18)19)5-8-7-15-10-4-2-1-3-9(8)10/h1-4,7,11,15H,5-6H2,(H,16,17)(H,18,19)(H,20,21)/p-2/t11-/m1/s1. The Balaban J connectivity index is 2.07. The number of aromatic amines is 1. The van der Waals surface area contributed by atoms with Gasteiger partial charge in [0.05, 0.1) is 18.4 Å². The molecular formula is C14H12N2O5-2. The van der Waals surface area contributed by atoms with Crippen molar-refractivity contribution < 1.29 is 24.6 Å². The van der Waals surface area contributed by atoms with Gasteiger partial charge in [0.2, 0.25) is 5.91 Å². The molecule has 0 saturated carbocycles. The molecule has 21 heavy (non-hydrogen) atoms. The molecule has 0 saturated heterocycles. The van der Waals surface area contributed by atoms with Gasteiger partial charge in [0.1, 0.15) is 0 Å². The molecule has 1 heterocycles. The van der Waals surface area contributed by atoms with Gasteiger partial charge >= 0.3 is 0 Å². The molecule has 2 N–H and O–H groups in total. The van der Waals surface area contributed by atoms with Crippen LogP contribution in [0.1, 0.15) is 12.0 Å². The lowest BCUT2D eigenvalue weighted by molar-refractivity contribution is -0.317. The zero-order chi connectivity index (χ0) is 15.4. The fraction of sp³-hybridized carbons (Fsp3) is 0.214. The van der Waals surface area contributed by atoms with Gasteiger partial charge in [-0.15, -0.1) is 0 Å². The van der Waals surface area contributed by atoms with Gasteiger partial charge in [-0.25, -0.2) is 0 Å². The number of para-hydroxylation sites is 1. The van der Waals surface area contributed by atoms with Crippen LogP contribution in [0.25, 0.3) is 10.9 Å². The first-order chi connectivity index (χ1) is 9.97. The summed E-state index contributed by atoms with van der Waals surface area (Å²) in [5.41, 5.74) is 1.54. The predicted octanol–water partition coefficient (Wildman–Crippen LogP) is -1.91. The fourth-order valence-corrected chi connectivity index (χ4v) is 2.06. The van der Waals surface area contributed by atoms with E-state index in [1.165, 1.54) is 0 Å². The second kappa shape index (κ2) is 6.08. The van der Waals surface area contributed by atoms with E-state index in [-0.39, 0.29) is 6.42 Å². The lowest BCUT2D eigenvalue weighted by Gasteiger charge is -2.19. The molecule has 1 aromatic heterocycles. The summed E-state index contributed by atoms with van der Waals surface area (Å²) in [6.07, 6.45) is 0.750. The van der Waals surface area contributed by atoms with E-state index in [0.29, 0.717) is 5.56 Å². The van der Waals surface area contributed by atoms with Crippen molar-refractivity contribution in [2.45, 2.75) is 18.9 Å². The Bertz CT molecular complexity index is 691. The highest BCUT2D eigenvalue weighted by molar-refractivity contribution is 5.91. The van der Waals surface area contributed by atoms with Crippen molar-refractivity contribution in [3.63, 3.8) is 0 Å². The molecule has 0 aliphatic carbocycles. The number of benzene rings is 1. The zero-order valence-corrected chi connectivity index (χ0v) is 10.9. The molecule has 0 unspecified atom stereocenters. The number of aliphatic carboxylic acids is 2. The molecule has 0 radical (unpaired) electrons. The summed E-state index contributed by atoms with van der Waals surface area (Å²) in [6.45, 7) is 0. The Labute approximate surface area is 119 Å². The molecule has 0 aliphatic heterocycles. The number of carboxylic acid groups (broad SMARTS) is 2. The van der Waals surface area contributed by atoms with Crippen molar-refractivity contribution in [1.29, 1.82) is 0 Å². The normalized spacial score (nSPS) is 12.0. The average Bonchev–Trinajstić information content (AvgIpc) is 2.81. The molecule has 0 aliphatic rings. The van der Waals surface area contributed by atoms with Crippen LogP contribution >= 0.6 is 0 Å². The third-order valence-electron chi connectivity index (χ3n) is 3.02. The number of amides is 1. The van der Waals surface area contributed by atoms with Crippen molar-refractivity contribution in [3.05, 3.63) is 36.0 Å². The monoisotopic (exact) mass is 288 g/mol. The molecule has 1 amide bonds. The first kappa shape index (κ1) is 14.6. The molecule has 2 rings (SSSR count). The van der Waals surface area contributed by atoms with Gasteiger partial charge in [-0.05, 0) is 11.6 Å². The number of carbonyl (C=O) groups excluding carboxylic acids is 3. The lowest BCUT2D eigenvalue weighted by atomic mass is 10.1. The Morgan fingerprint density at radius 1 is 1.19 bits per heavy atom. The number of hydrogen-bond acceptors (Lipinski definition) is 5. The molecule has 2 aromatic rings. The number of nitrogens with one attached hydrogen (secondary N) is 2. The second-order valence-corrected chi connectivity index (χ2v) is 4.55. The van der Waals surface area contributed by atoms with Crippen molar-refractivity contribution in [1.82, 2.24) is 10.3 Å². The van der Waals surface area contributed by atoms with E-state index in [2.05, 4.69) is 10.3 Å². The number of fused-ring (bicyclic) bond motifs is 1. The van der Waals surface area contributed by atoms with E-state index in [9.17, 15) is 24.6 Å².